The number of carbonyl (C=O) groups is 1. The van der Waals surface area contributed by atoms with Crippen molar-refractivity contribution in [1.82, 2.24) is 0 Å². The van der Waals surface area contributed by atoms with Crippen molar-refractivity contribution in [3.05, 3.63) is 24.3 Å². The van der Waals surface area contributed by atoms with Crippen molar-refractivity contribution in [3.63, 3.8) is 0 Å². The van der Waals surface area contributed by atoms with Gasteiger partial charge < -0.3 is 23.5 Å². The van der Waals surface area contributed by atoms with E-state index in [0.29, 0.717) is 13.0 Å². The Balaban J connectivity index is 1.79. The quantitative estimate of drug-likeness (QED) is 0.427. The molecule has 0 aromatic heterocycles. The van der Waals surface area contributed by atoms with Crippen LogP contribution < -0.4 is 10.2 Å². The first kappa shape index (κ1) is 21.6. The summed E-state index contributed by atoms with van der Waals surface area (Å²) in [5.74, 6) is 0.722. The fraction of sp³-hybridized carbons (Fsp3) is 0.650. The van der Waals surface area contributed by atoms with Crippen LogP contribution in [0.4, 0.5) is 4.79 Å². The average Bonchev–Trinajstić information content (AvgIpc) is 2.74. The number of hydrogen-bond donors (Lipinski definition) is 0. The number of ether oxygens (including phenoxy) is 3. The predicted octanol–water partition coefficient (Wildman–Crippen LogP) is 3.71. The molecular weight excluding hydrogens is 347 g/mol. The third-order valence-corrected chi connectivity index (χ3v) is 4.55. The normalized spacial score (nSPS) is 18.3. The molecule has 1 aliphatic rings. The van der Waals surface area contributed by atoms with Crippen molar-refractivity contribution in [3.8, 4) is 5.75 Å². The molecule has 0 aliphatic carbocycles. The zero-order chi connectivity index (χ0) is 20.3. The molecule has 150 valence electrons. The summed E-state index contributed by atoms with van der Waals surface area (Å²) in [5.41, 5.74) is -0.404. The monoisotopic (exact) mass is 378 g/mol. The zero-order valence-corrected chi connectivity index (χ0v) is 17.5. The third-order valence-electron chi connectivity index (χ3n) is 4.55. The van der Waals surface area contributed by atoms with Gasteiger partial charge in [-0.1, -0.05) is 12.1 Å². The molecule has 7 heteroatoms. The summed E-state index contributed by atoms with van der Waals surface area (Å²) in [4.78, 5) is 11.5. The standard InChI is InChI=1S/C20H31BO6/c1-18(2,3)25-17(22)24-13-9-12-23-16-11-8-10-15(14-16)21-26-19(4,5)20(6,7)27-21/h8,10-11,14H,9,12-13H2,1-7H3. The summed E-state index contributed by atoms with van der Waals surface area (Å²) in [5, 5.41) is 0. The van der Waals surface area contributed by atoms with Gasteiger partial charge in [0.15, 0.2) is 0 Å². The molecule has 0 saturated carbocycles. The van der Waals surface area contributed by atoms with Crippen LogP contribution in [-0.4, -0.2) is 43.3 Å². The molecule has 1 aromatic carbocycles. The van der Waals surface area contributed by atoms with Crippen molar-refractivity contribution < 1.29 is 28.3 Å². The van der Waals surface area contributed by atoms with Crippen LogP contribution >= 0.6 is 0 Å². The van der Waals surface area contributed by atoms with Crippen LogP contribution in [-0.2, 0) is 18.8 Å². The molecule has 0 unspecified atom stereocenters. The molecule has 0 radical (unpaired) electrons. The van der Waals surface area contributed by atoms with Crippen molar-refractivity contribution >= 4 is 18.7 Å². The number of rotatable bonds is 6. The Hall–Kier alpha value is -1.73. The molecule has 0 atom stereocenters. The molecule has 1 aliphatic heterocycles. The lowest BCUT2D eigenvalue weighted by atomic mass is 9.79. The van der Waals surface area contributed by atoms with Crippen LogP contribution in [0.25, 0.3) is 0 Å². The Kier molecular flexibility index (Phi) is 6.48. The summed E-state index contributed by atoms with van der Waals surface area (Å²) in [6, 6.07) is 7.66. The van der Waals surface area contributed by atoms with E-state index in [4.69, 9.17) is 23.5 Å². The minimum atomic E-state index is -0.662. The van der Waals surface area contributed by atoms with E-state index in [1.807, 2.05) is 52.0 Å². The Morgan fingerprint density at radius 2 is 1.70 bits per heavy atom. The van der Waals surface area contributed by atoms with Crippen molar-refractivity contribution in [2.75, 3.05) is 13.2 Å². The highest BCUT2D eigenvalue weighted by Crippen LogP contribution is 2.36. The molecule has 1 heterocycles. The minimum Gasteiger partial charge on any atom is -0.493 e. The third kappa shape index (κ3) is 6.14. The lowest BCUT2D eigenvalue weighted by Gasteiger charge is -2.32. The summed E-state index contributed by atoms with van der Waals surface area (Å²) < 4.78 is 28.0. The predicted molar refractivity (Wildman–Crippen MR) is 104 cm³/mol. The first-order chi connectivity index (χ1) is 12.4. The van der Waals surface area contributed by atoms with Gasteiger partial charge in [0.1, 0.15) is 11.4 Å². The maximum absolute atomic E-state index is 11.5. The van der Waals surface area contributed by atoms with Crippen LogP contribution in [0.3, 0.4) is 0 Å². The maximum Gasteiger partial charge on any atom is 0.508 e. The second-order valence-corrected chi connectivity index (χ2v) is 8.68. The van der Waals surface area contributed by atoms with Gasteiger partial charge >= 0.3 is 13.3 Å². The van der Waals surface area contributed by atoms with Crippen LogP contribution in [0.5, 0.6) is 5.75 Å². The van der Waals surface area contributed by atoms with E-state index in [9.17, 15) is 4.79 Å². The minimum absolute atomic E-state index is 0.242. The van der Waals surface area contributed by atoms with Gasteiger partial charge in [-0.05, 0) is 66.1 Å². The average molecular weight is 378 g/mol. The molecule has 0 amide bonds. The van der Waals surface area contributed by atoms with Gasteiger partial charge in [-0.15, -0.1) is 0 Å². The van der Waals surface area contributed by atoms with E-state index >= 15 is 0 Å². The van der Waals surface area contributed by atoms with Gasteiger partial charge in [-0.2, -0.15) is 0 Å². The van der Waals surface area contributed by atoms with E-state index in [-0.39, 0.29) is 17.8 Å². The smallest absolute Gasteiger partial charge is 0.493 e. The van der Waals surface area contributed by atoms with Crippen LogP contribution in [0.1, 0.15) is 54.9 Å². The molecule has 1 aromatic rings. The summed E-state index contributed by atoms with van der Waals surface area (Å²) in [6.07, 6.45) is -0.0924. The van der Waals surface area contributed by atoms with Gasteiger partial charge in [0.05, 0.1) is 24.4 Å². The first-order valence-corrected chi connectivity index (χ1v) is 9.34. The van der Waals surface area contributed by atoms with Gasteiger partial charge in [0.2, 0.25) is 0 Å². The van der Waals surface area contributed by atoms with Gasteiger partial charge in [0, 0.05) is 6.42 Å². The van der Waals surface area contributed by atoms with Crippen molar-refractivity contribution in [2.45, 2.75) is 71.7 Å². The number of hydrogen-bond acceptors (Lipinski definition) is 6. The zero-order valence-electron chi connectivity index (χ0n) is 17.5. The molecule has 1 fully saturated rings. The number of benzene rings is 1. The summed E-state index contributed by atoms with van der Waals surface area (Å²) in [6.45, 7) is 14.2. The molecule has 2 rings (SSSR count). The SMILES string of the molecule is CC(C)(C)OC(=O)OCCCOc1cccc(B2OC(C)(C)C(C)(C)O2)c1. The highest BCUT2D eigenvalue weighted by molar-refractivity contribution is 6.62. The molecule has 27 heavy (non-hydrogen) atoms. The first-order valence-electron chi connectivity index (χ1n) is 9.34. The van der Waals surface area contributed by atoms with E-state index in [1.54, 1.807) is 20.8 Å². The Morgan fingerprint density at radius 3 is 2.30 bits per heavy atom. The molecular formula is C20H31BO6. The fourth-order valence-electron chi connectivity index (χ4n) is 2.41. The van der Waals surface area contributed by atoms with Crippen molar-refractivity contribution in [2.24, 2.45) is 0 Å². The molecule has 0 N–H and O–H groups in total. The van der Waals surface area contributed by atoms with Gasteiger partial charge in [-0.3, -0.25) is 0 Å². The van der Waals surface area contributed by atoms with Crippen LogP contribution in [0.2, 0.25) is 0 Å². The van der Waals surface area contributed by atoms with E-state index in [2.05, 4.69) is 0 Å². The lowest BCUT2D eigenvalue weighted by molar-refractivity contribution is -0.00851. The number of carbonyl (C=O) groups excluding carboxylic acids is 1. The second-order valence-electron chi connectivity index (χ2n) is 8.68. The maximum atomic E-state index is 11.5. The van der Waals surface area contributed by atoms with Gasteiger partial charge in [-0.25, -0.2) is 4.79 Å². The molecule has 0 bridgehead atoms. The Labute approximate surface area is 162 Å². The highest BCUT2D eigenvalue weighted by atomic mass is 16.7. The van der Waals surface area contributed by atoms with Gasteiger partial charge in [0.25, 0.3) is 0 Å². The van der Waals surface area contributed by atoms with E-state index < -0.39 is 18.9 Å². The Morgan fingerprint density at radius 1 is 1.07 bits per heavy atom. The lowest BCUT2D eigenvalue weighted by Crippen LogP contribution is -2.41. The largest absolute Gasteiger partial charge is 0.508 e. The molecule has 1 saturated heterocycles. The van der Waals surface area contributed by atoms with Crippen LogP contribution in [0.15, 0.2) is 24.3 Å². The fourth-order valence-corrected chi connectivity index (χ4v) is 2.41. The summed E-state index contributed by atoms with van der Waals surface area (Å²) in [7, 11) is -0.422. The molecule has 6 nitrogen and oxygen atoms in total. The van der Waals surface area contributed by atoms with E-state index in [1.165, 1.54) is 0 Å². The highest BCUT2D eigenvalue weighted by Gasteiger charge is 2.51. The second kappa shape index (κ2) is 8.11. The topological polar surface area (TPSA) is 63.2 Å². The molecule has 0 spiro atoms. The summed E-state index contributed by atoms with van der Waals surface area (Å²) >= 11 is 0. The van der Waals surface area contributed by atoms with E-state index in [0.717, 1.165) is 11.2 Å². The van der Waals surface area contributed by atoms with Crippen molar-refractivity contribution in [1.29, 1.82) is 0 Å². The Bertz CT molecular complexity index is 634. The van der Waals surface area contributed by atoms with Crippen LogP contribution in [0, 0.1) is 0 Å².